The van der Waals surface area contributed by atoms with Gasteiger partial charge in [0.15, 0.2) is 5.96 Å². The molecular formula is C15H21N9O4. The Morgan fingerprint density at radius 2 is 2.00 bits per heavy atom. The first-order chi connectivity index (χ1) is 13.1. The molecule has 0 aliphatic carbocycles. The largest absolute Gasteiger partial charge is 0.370 e. The highest BCUT2D eigenvalue weighted by molar-refractivity contribution is 5.98. The van der Waals surface area contributed by atoms with Gasteiger partial charge in [0, 0.05) is 11.9 Å². The van der Waals surface area contributed by atoms with Gasteiger partial charge in [-0.25, -0.2) is 9.98 Å². The van der Waals surface area contributed by atoms with E-state index in [1.54, 1.807) is 6.92 Å². The molecule has 13 nitrogen and oxygen atoms in total. The Morgan fingerprint density at radius 3 is 2.54 bits per heavy atom. The molecule has 150 valence electrons. The Hall–Kier alpha value is -4.16. The highest BCUT2D eigenvalue weighted by Gasteiger charge is 2.13. The maximum absolute atomic E-state index is 11.6. The van der Waals surface area contributed by atoms with Crippen LogP contribution in [0.3, 0.4) is 0 Å². The van der Waals surface area contributed by atoms with Crippen molar-refractivity contribution in [2.45, 2.75) is 20.0 Å². The number of hydrogen-bond donors (Lipinski definition) is 6. The number of carbonyl (C=O) groups excluding carboxylic acids is 1. The van der Waals surface area contributed by atoms with Crippen LogP contribution < -0.4 is 27.8 Å². The second-order valence-electron chi connectivity index (χ2n) is 5.43. The molecule has 0 aliphatic heterocycles. The van der Waals surface area contributed by atoms with Crippen LogP contribution in [0.15, 0.2) is 35.5 Å². The van der Waals surface area contributed by atoms with E-state index in [4.69, 9.17) is 32.5 Å². The van der Waals surface area contributed by atoms with Crippen molar-refractivity contribution in [2.75, 3.05) is 10.6 Å². The Balaban J connectivity index is 0.000000892. The van der Waals surface area contributed by atoms with Crippen molar-refractivity contribution in [2.24, 2.45) is 22.2 Å². The number of aliphatic imine (C=N–C) groups is 1. The van der Waals surface area contributed by atoms with Crippen molar-refractivity contribution in [3.8, 4) is 0 Å². The normalized spacial score (nSPS) is 10.6. The first-order valence-corrected chi connectivity index (χ1v) is 7.77. The van der Waals surface area contributed by atoms with Crippen molar-refractivity contribution in [3.63, 3.8) is 0 Å². The molecule has 13 heteroatoms. The van der Waals surface area contributed by atoms with Gasteiger partial charge in [0.25, 0.3) is 11.0 Å². The molecule has 0 radical (unpaired) electrons. The number of primary amides is 1. The minimum atomic E-state index is -1.50. The summed E-state index contributed by atoms with van der Waals surface area (Å²) < 4.78 is 0. The standard InChI is InChI=1S/C15H20N8O.HNO3/c1-8-4-3-5-10(6-8)22-13-11(12(16)24)7-19-15(23-13)21-9(2)20-14(17)18;2-1(3)4/h3-7,9H,1-2H3,(H2,16,24)(H4,17,18,20)(H2,19,21,22,23);(H,2,3,4). The number of nitrogens with one attached hydrogen (secondary N) is 2. The molecule has 0 bridgehead atoms. The lowest BCUT2D eigenvalue weighted by atomic mass is 10.2. The minimum Gasteiger partial charge on any atom is -0.370 e. The summed E-state index contributed by atoms with van der Waals surface area (Å²) >= 11 is 0. The smallest absolute Gasteiger partial charge is 0.291 e. The summed E-state index contributed by atoms with van der Waals surface area (Å²) in [5, 5.41) is 19.6. The topological polar surface area (TPSA) is 221 Å². The quantitative estimate of drug-likeness (QED) is 0.171. The highest BCUT2D eigenvalue weighted by Crippen LogP contribution is 2.20. The van der Waals surface area contributed by atoms with Crippen LogP contribution in [0, 0.1) is 17.0 Å². The van der Waals surface area contributed by atoms with Crippen LogP contribution in [0.5, 0.6) is 0 Å². The zero-order valence-electron chi connectivity index (χ0n) is 15.2. The van der Waals surface area contributed by atoms with Gasteiger partial charge < -0.3 is 33.0 Å². The van der Waals surface area contributed by atoms with Crippen LogP contribution in [0.4, 0.5) is 17.5 Å². The van der Waals surface area contributed by atoms with Crippen molar-refractivity contribution in [3.05, 3.63) is 51.7 Å². The fourth-order valence-electron chi connectivity index (χ4n) is 2.03. The maximum atomic E-state index is 11.6. The number of benzene rings is 1. The van der Waals surface area contributed by atoms with Gasteiger partial charge in [0.05, 0.1) is 0 Å². The van der Waals surface area contributed by atoms with Gasteiger partial charge in [-0.05, 0) is 31.5 Å². The summed E-state index contributed by atoms with van der Waals surface area (Å²) in [6.45, 7) is 3.70. The maximum Gasteiger partial charge on any atom is 0.291 e. The fourth-order valence-corrected chi connectivity index (χ4v) is 2.03. The zero-order valence-corrected chi connectivity index (χ0v) is 15.2. The van der Waals surface area contributed by atoms with Crippen LogP contribution in [-0.4, -0.2) is 38.3 Å². The summed E-state index contributed by atoms with van der Waals surface area (Å²) in [6, 6.07) is 7.63. The lowest BCUT2D eigenvalue weighted by Gasteiger charge is -2.13. The van der Waals surface area contributed by atoms with E-state index in [9.17, 15) is 4.79 Å². The predicted molar refractivity (Wildman–Crippen MR) is 103 cm³/mol. The molecule has 1 aromatic heterocycles. The Bertz CT molecular complexity index is 864. The van der Waals surface area contributed by atoms with Crippen LogP contribution in [0.25, 0.3) is 0 Å². The number of carbonyl (C=O) groups is 1. The Labute approximate surface area is 159 Å². The third-order valence-corrected chi connectivity index (χ3v) is 3.02. The molecule has 1 atom stereocenters. The third kappa shape index (κ3) is 7.81. The predicted octanol–water partition coefficient (Wildman–Crippen LogP) is 0.311. The molecule has 2 aromatic rings. The molecule has 0 saturated carbocycles. The Kier molecular flexibility index (Phi) is 7.89. The molecule has 0 aliphatic rings. The summed E-state index contributed by atoms with van der Waals surface area (Å²) in [5.74, 6) is -0.133. The molecule has 1 aromatic carbocycles. The number of hydrogen-bond acceptors (Lipinski definition) is 8. The summed E-state index contributed by atoms with van der Waals surface area (Å²) in [6.07, 6.45) is 0.916. The molecule has 28 heavy (non-hydrogen) atoms. The average molecular weight is 391 g/mol. The molecule has 0 spiro atoms. The number of nitrogens with two attached hydrogens (primary N) is 3. The van der Waals surface area contributed by atoms with Gasteiger partial charge in [0.2, 0.25) is 5.95 Å². The summed E-state index contributed by atoms with van der Waals surface area (Å²) in [5.41, 5.74) is 18.1. The van der Waals surface area contributed by atoms with Gasteiger partial charge in [-0.2, -0.15) is 4.98 Å². The minimum absolute atomic E-state index is 0.0538. The lowest BCUT2D eigenvalue weighted by molar-refractivity contribution is -0.742. The molecule has 1 amide bonds. The first kappa shape index (κ1) is 21.9. The monoisotopic (exact) mass is 391 g/mol. The van der Waals surface area contributed by atoms with E-state index < -0.39 is 17.2 Å². The summed E-state index contributed by atoms with van der Waals surface area (Å²) in [7, 11) is 0. The van der Waals surface area contributed by atoms with Crippen molar-refractivity contribution < 1.29 is 15.1 Å². The highest BCUT2D eigenvalue weighted by atomic mass is 16.9. The van der Waals surface area contributed by atoms with E-state index in [0.717, 1.165) is 11.3 Å². The molecular weight excluding hydrogens is 370 g/mol. The lowest BCUT2D eigenvalue weighted by Crippen LogP contribution is -2.27. The number of anilines is 3. The molecule has 0 saturated heterocycles. The van der Waals surface area contributed by atoms with Gasteiger partial charge >= 0.3 is 0 Å². The van der Waals surface area contributed by atoms with Crippen LogP contribution >= 0.6 is 0 Å². The molecule has 2 rings (SSSR count). The number of aromatic nitrogens is 2. The fraction of sp³-hybridized carbons (Fsp3) is 0.200. The number of aryl methyl sites for hydroxylation is 1. The van der Waals surface area contributed by atoms with Crippen molar-refractivity contribution >= 4 is 29.3 Å². The van der Waals surface area contributed by atoms with E-state index in [1.807, 2.05) is 31.2 Å². The van der Waals surface area contributed by atoms with Gasteiger partial charge in [-0.1, -0.05) is 12.1 Å². The number of nitrogens with zero attached hydrogens (tertiary/aromatic N) is 4. The molecule has 9 N–H and O–H groups in total. The number of rotatable bonds is 6. The van der Waals surface area contributed by atoms with Gasteiger partial charge in [-0.3, -0.25) is 4.79 Å². The van der Waals surface area contributed by atoms with Crippen molar-refractivity contribution in [1.29, 1.82) is 0 Å². The van der Waals surface area contributed by atoms with Gasteiger partial charge in [-0.15, -0.1) is 10.1 Å². The molecule has 1 unspecified atom stereocenters. The zero-order chi connectivity index (χ0) is 21.3. The van der Waals surface area contributed by atoms with Gasteiger partial charge in [0.1, 0.15) is 17.5 Å². The molecule has 0 fully saturated rings. The molecule has 1 heterocycles. The van der Waals surface area contributed by atoms with E-state index in [-0.39, 0.29) is 17.5 Å². The van der Waals surface area contributed by atoms with E-state index in [1.165, 1.54) is 6.20 Å². The van der Waals surface area contributed by atoms with Crippen LogP contribution in [-0.2, 0) is 0 Å². The van der Waals surface area contributed by atoms with Crippen LogP contribution in [0.1, 0.15) is 22.8 Å². The van der Waals surface area contributed by atoms with E-state index >= 15 is 0 Å². The summed E-state index contributed by atoms with van der Waals surface area (Å²) in [4.78, 5) is 32.2. The van der Waals surface area contributed by atoms with Crippen LogP contribution in [0.2, 0.25) is 0 Å². The number of amides is 1. The van der Waals surface area contributed by atoms with Crippen molar-refractivity contribution in [1.82, 2.24) is 9.97 Å². The first-order valence-electron chi connectivity index (χ1n) is 7.77. The second kappa shape index (κ2) is 10.1. The Morgan fingerprint density at radius 1 is 1.36 bits per heavy atom. The SMILES string of the molecule is Cc1cccc(Nc2nc(NC(C)N=C(N)N)ncc2C(N)=O)c1.O=[N+]([O-])O. The number of guanidine groups is 1. The van der Waals surface area contributed by atoms with E-state index in [2.05, 4.69) is 25.6 Å². The third-order valence-electron chi connectivity index (χ3n) is 3.02. The average Bonchev–Trinajstić information content (AvgIpc) is 2.53. The van der Waals surface area contributed by atoms with E-state index in [0.29, 0.717) is 5.82 Å². The second-order valence-corrected chi connectivity index (χ2v) is 5.43.